The molecule has 1 N–H and O–H groups in total. The minimum Gasteiger partial charge on any atom is -0.481 e. The lowest BCUT2D eigenvalue weighted by Gasteiger charge is -2.13. The number of rotatable bonds is 2. The van der Waals surface area contributed by atoms with E-state index in [0.717, 1.165) is 17.2 Å². The zero-order chi connectivity index (χ0) is 12.7. The molecule has 0 aliphatic carbocycles. The molecule has 0 amide bonds. The summed E-state index contributed by atoms with van der Waals surface area (Å²) in [4.78, 5) is 17.6. The predicted octanol–water partition coefficient (Wildman–Crippen LogP) is 2.52. The Morgan fingerprint density at radius 2 is 2.39 bits per heavy atom. The van der Waals surface area contributed by atoms with Crippen LogP contribution in [0.3, 0.4) is 0 Å². The van der Waals surface area contributed by atoms with Crippen molar-refractivity contribution in [1.29, 1.82) is 0 Å². The van der Waals surface area contributed by atoms with Gasteiger partial charge in [0.2, 0.25) is 0 Å². The fourth-order valence-corrected chi connectivity index (χ4v) is 3.41. The van der Waals surface area contributed by atoms with Crippen molar-refractivity contribution in [2.45, 2.75) is 13.3 Å². The Labute approximate surface area is 109 Å². The average molecular weight is 262 g/mol. The van der Waals surface area contributed by atoms with Crippen molar-refractivity contribution in [3.63, 3.8) is 0 Å². The van der Waals surface area contributed by atoms with Crippen LogP contribution in [-0.4, -0.2) is 29.1 Å². The van der Waals surface area contributed by atoms with E-state index in [-0.39, 0.29) is 5.92 Å². The number of carboxylic acid groups (broad SMARTS) is 1. The molecule has 4 nitrogen and oxygen atoms in total. The number of carboxylic acids is 1. The van der Waals surface area contributed by atoms with Crippen LogP contribution in [0.1, 0.15) is 12.0 Å². The predicted molar refractivity (Wildman–Crippen MR) is 72.3 cm³/mol. The molecule has 2 aromatic rings. The second-order valence-electron chi connectivity index (χ2n) is 4.69. The number of aromatic nitrogens is 1. The van der Waals surface area contributed by atoms with Gasteiger partial charge in [-0.15, -0.1) is 0 Å². The van der Waals surface area contributed by atoms with Crippen molar-refractivity contribution in [3.8, 4) is 0 Å². The summed E-state index contributed by atoms with van der Waals surface area (Å²) in [5.74, 6) is -0.951. The van der Waals surface area contributed by atoms with Crippen LogP contribution in [0.15, 0.2) is 18.2 Å². The van der Waals surface area contributed by atoms with E-state index in [2.05, 4.69) is 22.9 Å². The third kappa shape index (κ3) is 1.84. The van der Waals surface area contributed by atoms with Crippen LogP contribution in [0.5, 0.6) is 0 Å². The number of fused-ring (bicyclic) bond motifs is 1. The van der Waals surface area contributed by atoms with E-state index in [1.54, 1.807) is 11.3 Å². The molecule has 1 saturated heterocycles. The highest BCUT2D eigenvalue weighted by Gasteiger charge is 2.29. The number of aliphatic carboxylic acids is 1. The van der Waals surface area contributed by atoms with E-state index in [4.69, 9.17) is 5.11 Å². The lowest BCUT2D eigenvalue weighted by Crippen LogP contribution is -2.22. The highest BCUT2D eigenvalue weighted by atomic mass is 32.1. The largest absolute Gasteiger partial charge is 0.481 e. The zero-order valence-electron chi connectivity index (χ0n) is 10.1. The van der Waals surface area contributed by atoms with Crippen LogP contribution < -0.4 is 4.90 Å². The molecule has 1 atom stereocenters. The molecule has 0 radical (unpaired) electrons. The molecule has 1 fully saturated rings. The summed E-state index contributed by atoms with van der Waals surface area (Å²) in [7, 11) is 0. The standard InChI is InChI=1S/C13H14N2O2S/c1-8-3-2-4-10-11(8)18-13(14-10)15-6-5-9(7-15)12(16)17/h2-4,9H,5-7H2,1H3,(H,16,17). The molecule has 1 unspecified atom stereocenters. The van der Waals surface area contributed by atoms with Crippen molar-refractivity contribution >= 4 is 32.7 Å². The fraction of sp³-hybridized carbons (Fsp3) is 0.385. The minimum atomic E-state index is -0.699. The van der Waals surface area contributed by atoms with E-state index in [9.17, 15) is 4.79 Å². The number of carbonyl (C=O) groups is 1. The lowest BCUT2D eigenvalue weighted by atomic mass is 10.1. The van der Waals surface area contributed by atoms with Crippen LogP contribution >= 0.6 is 11.3 Å². The minimum absolute atomic E-state index is 0.252. The molecule has 2 heterocycles. The Morgan fingerprint density at radius 1 is 1.56 bits per heavy atom. The molecule has 18 heavy (non-hydrogen) atoms. The van der Waals surface area contributed by atoms with Crippen LogP contribution in [-0.2, 0) is 4.79 Å². The van der Waals surface area contributed by atoms with Gasteiger partial charge in [0.25, 0.3) is 0 Å². The molecule has 0 saturated carbocycles. The number of hydrogen-bond acceptors (Lipinski definition) is 4. The molecule has 0 spiro atoms. The maximum atomic E-state index is 11.0. The van der Waals surface area contributed by atoms with Gasteiger partial charge >= 0.3 is 5.97 Å². The third-order valence-corrected chi connectivity index (χ3v) is 4.68. The van der Waals surface area contributed by atoms with E-state index >= 15 is 0 Å². The van der Waals surface area contributed by atoms with Gasteiger partial charge in [0.05, 0.1) is 16.1 Å². The Balaban J connectivity index is 1.92. The van der Waals surface area contributed by atoms with Crippen LogP contribution in [0.4, 0.5) is 5.13 Å². The normalized spacial score (nSPS) is 19.6. The summed E-state index contributed by atoms with van der Waals surface area (Å²) in [6.45, 7) is 3.44. The Hall–Kier alpha value is -1.62. The molecule has 1 aromatic carbocycles. The van der Waals surface area contributed by atoms with Gasteiger partial charge in [-0.05, 0) is 25.0 Å². The van der Waals surface area contributed by atoms with Crippen molar-refractivity contribution in [1.82, 2.24) is 4.98 Å². The summed E-state index contributed by atoms with van der Waals surface area (Å²) in [6, 6.07) is 6.09. The number of anilines is 1. The Morgan fingerprint density at radius 3 is 3.06 bits per heavy atom. The summed E-state index contributed by atoms with van der Waals surface area (Å²) in [5, 5.41) is 9.97. The lowest BCUT2D eigenvalue weighted by molar-refractivity contribution is -0.140. The highest BCUT2D eigenvalue weighted by Crippen LogP contribution is 2.33. The molecular formula is C13H14N2O2S. The first-order chi connectivity index (χ1) is 8.65. The second kappa shape index (κ2) is 4.24. The van der Waals surface area contributed by atoms with Gasteiger partial charge in [-0.2, -0.15) is 0 Å². The molecule has 3 rings (SSSR count). The maximum absolute atomic E-state index is 11.0. The summed E-state index contributed by atoms with van der Waals surface area (Å²) >= 11 is 1.66. The van der Waals surface area contributed by atoms with Crippen LogP contribution in [0.25, 0.3) is 10.2 Å². The molecule has 0 bridgehead atoms. The van der Waals surface area contributed by atoms with Gasteiger partial charge in [0.15, 0.2) is 5.13 Å². The van der Waals surface area contributed by atoms with Crippen molar-refractivity contribution < 1.29 is 9.90 Å². The molecule has 1 aliphatic heterocycles. The van der Waals surface area contributed by atoms with E-state index in [1.165, 1.54) is 10.3 Å². The van der Waals surface area contributed by atoms with Gasteiger partial charge in [0, 0.05) is 13.1 Å². The van der Waals surface area contributed by atoms with Gasteiger partial charge in [-0.1, -0.05) is 23.5 Å². The number of nitrogens with zero attached hydrogens (tertiary/aromatic N) is 2. The smallest absolute Gasteiger partial charge is 0.308 e. The molecular weight excluding hydrogens is 248 g/mol. The van der Waals surface area contributed by atoms with Gasteiger partial charge in [-0.25, -0.2) is 4.98 Å². The Bertz CT molecular complexity index is 608. The van der Waals surface area contributed by atoms with Gasteiger partial charge in [0.1, 0.15) is 0 Å². The third-order valence-electron chi connectivity index (χ3n) is 3.41. The van der Waals surface area contributed by atoms with E-state index in [0.29, 0.717) is 13.0 Å². The molecule has 1 aliphatic rings. The van der Waals surface area contributed by atoms with Crippen molar-refractivity contribution in [3.05, 3.63) is 23.8 Å². The first kappa shape index (κ1) is 11.5. The monoisotopic (exact) mass is 262 g/mol. The van der Waals surface area contributed by atoms with Crippen LogP contribution in [0, 0.1) is 12.8 Å². The van der Waals surface area contributed by atoms with Crippen LogP contribution in [0.2, 0.25) is 0 Å². The molecule has 94 valence electrons. The zero-order valence-corrected chi connectivity index (χ0v) is 10.9. The van der Waals surface area contributed by atoms with Gasteiger partial charge < -0.3 is 10.0 Å². The number of aryl methyl sites for hydroxylation is 1. The highest BCUT2D eigenvalue weighted by molar-refractivity contribution is 7.22. The summed E-state index contributed by atoms with van der Waals surface area (Å²) in [5.41, 5.74) is 2.24. The number of hydrogen-bond donors (Lipinski definition) is 1. The second-order valence-corrected chi connectivity index (χ2v) is 5.67. The topological polar surface area (TPSA) is 53.4 Å². The van der Waals surface area contributed by atoms with Crippen molar-refractivity contribution in [2.75, 3.05) is 18.0 Å². The summed E-state index contributed by atoms with van der Waals surface area (Å²) in [6.07, 6.45) is 0.713. The van der Waals surface area contributed by atoms with Gasteiger partial charge in [-0.3, -0.25) is 4.79 Å². The van der Waals surface area contributed by atoms with Crippen molar-refractivity contribution in [2.24, 2.45) is 5.92 Å². The molecule has 5 heteroatoms. The first-order valence-electron chi connectivity index (χ1n) is 5.99. The number of thiazole rings is 1. The van der Waals surface area contributed by atoms with E-state index in [1.807, 2.05) is 12.1 Å². The maximum Gasteiger partial charge on any atom is 0.308 e. The SMILES string of the molecule is Cc1cccc2nc(N3CCC(C(=O)O)C3)sc12. The summed E-state index contributed by atoms with van der Waals surface area (Å²) < 4.78 is 1.20. The Kier molecular flexibility index (Phi) is 2.70. The average Bonchev–Trinajstić information content (AvgIpc) is 2.95. The fourth-order valence-electron chi connectivity index (χ4n) is 2.35. The number of benzene rings is 1. The quantitative estimate of drug-likeness (QED) is 0.903. The van der Waals surface area contributed by atoms with E-state index < -0.39 is 5.97 Å². The first-order valence-corrected chi connectivity index (χ1v) is 6.80. The molecule has 1 aromatic heterocycles.